The molecule has 0 aliphatic carbocycles. The Balaban J connectivity index is 0.000000171. The van der Waals surface area contributed by atoms with Gasteiger partial charge < -0.3 is 0 Å². The fraction of sp³-hybridized carbons (Fsp3) is 0. The van der Waals surface area contributed by atoms with Crippen molar-refractivity contribution in [3.63, 3.8) is 0 Å². The van der Waals surface area contributed by atoms with Crippen molar-refractivity contribution in [2.24, 2.45) is 0 Å². The lowest BCUT2D eigenvalue weighted by molar-refractivity contribution is 1.61. The summed E-state index contributed by atoms with van der Waals surface area (Å²) in [6.45, 7) is 7.29. The van der Waals surface area contributed by atoms with Crippen molar-refractivity contribution in [2.45, 2.75) is 0 Å². The van der Waals surface area contributed by atoms with Gasteiger partial charge in [-0.15, -0.1) is 0 Å². The first kappa shape index (κ1) is 13.5. The molecular formula is C16H15Br. The third kappa shape index (κ3) is 4.83. The highest BCUT2D eigenvalue weighted by Crippen LogP contribution is 2.15. The zero-order valence-electron chi connectivity index (χ0n) is 9.64. The number of hydrogen-bond donors (Lipinski definition) is 0. The van der Waals surface area contributed by atoms with Gasteiger partial charge in [-0.1, -0.05) is 89.8 Å². The molecule has 0 atom stereocenters. The van der Waals surface area contributed by atoms with Crippen LogP contribution in [-0.4, -0.2) is 0 Å². The van der Waals surface area contributed by atoms with Gasteiger partial charge in [-0.05, 0) is 17.2 Å². The highest BCUT2D eigenvalue weighted by molar-refractivity contribution is 9.10. The number of halogens is 1. The molecule has 0 bridgehead atoms. The largest absolute Gasteiger partial charge is 0.0985 e. The Labute approximate surface area is 111 Å². The van der Waals surface area contributed by atoms with Crippen LogP contribution < -0.4 is 0 Å². The first-order chi connectivity index (χ1) is 8.27. The SMILES string of the molecule is C=Cc1ccccc1.C=Cc1ccccc1Br. The Bertz CT molecular complexity index is 472. The lowest BCUT2D eigenvalue weighted by Crippen LogP contribution is -1.70. The summed E-state index contributed by atoms with van der Waals surface area (Å²) >= 11 is 3.39. The van der Waals surface area contributed by atoms with E-state index < -0.39 is 0 Å². The van der Waals surface area contributed by atoms with Gasteiger partial charge in [-0.3, -0.25) is 0 Å². The Morgan fingerprint density at radius 2 is 1.35 bits per heavy atom. The van der Waals surface area contributed by atoms with Crippen LogP contribution in [0.5, 0.6) is 0 Å². The summed E-state index contributed by atoms with van der Waals surface area (Å²) in [5.74, 6) is 0. The molecule has 0 unspecified atom stereocenters. The number of rotatable bonds is 2. The van der Waals surface area contributed by atoms with E-state index in [-0.39, 0.29) is 0 Å². The van der Waals surface area contributed by atoms with E-state index >= 15 is 0 Å². The van der Waals surface area contributed by atoms with Gasteiger partial charge >= 0.3 is 0 Å². The van der Waals surface area contributed by atoms with E-state index in [1.165, 1.54) is 5.56 Å². The van der Waals surface area contributed by atoms with Crippen LogP contribution in [-0.2, 0) is 0 Å². The van der Waals surface area contributed by atoms with Gasteiger partial charge in [0, 0.05) is 4.47 Å². The molecule has 0 aliphatic rings. The standard InChI is InChI=1S/C8H7Br.C8H8/c1-2-7-5-3-4-6-8(7)9;1-2-8-6-4-3-5-7-8/h2-6H,1H2;2-7H,1H2. The van der Waals surface area contributed by atoms with E-state index in [0.29, 0.717) is 0 Å². The van der Waals surface area contributed by atoms with E-state index in [2.05, 4.69) is 29.1 Å². The first-order valence-corrected chi connectivity index (χ1v) is 6.11. The van der Waals surface area contributed by atoms with Crippen LogP contribution in [0.1, 0.15) is 11.1 Å². The molecule has 0 fully saturated rings. The van der Waals surface area contributed by atoms with Gasteiger partial charge in [0.25, 0.3) is 0 Å². The molecule has 0 N–H and O–H groups in total. The van der Waals surface area contributed by atoms with Gasteiger partial charge in [-0.2, -0.15) is 0 Å². The van der Waals surface area contributed by atoms with Gasteiger partial charge in [0.15, 0.2) is 0 Å². The highest BCUT2D eigenvalue weighted by atomic mass is 79.9. The predicted molar refractivity (Wildman–Crippen MR) is 80.8 cm³/mol. The fourth-order valence-corrected chi connectivity index (χ4v) is 1.68. The van der Waals surface area contributed by atoms with Crippen molar-refractivity contribution in [2.75, 3.05) is 0 Å². The fourth-order valence-electron chi connectivity index (χ4n) is 1.23. The lowest BCUT2D eigenvalue weighted by Gasteiger charge is -1.93. The van der Waals surface area contributed by atoms with E-state index in [1.54, 1.807) is 0 Å². The summed E-state index contributed by atoms with van der Waals surface area (Å²) in [5, 5.41) is 0. The molecule has 86 valence electrons. The maximum atomic E-state index is 3.66. The maximum absolute atomic E-state index is 3.66. The van der Waals surface area contributed by atoms with Gasteiger partial charge in [0.1, 0.15) is 0 Å². The lowest BCUT2D eigenvalue weighted by atomic mass is 10.2. The Morgan fingerprint density at radius 3 is 1.76 bits per heavy atom. The van der Waals surface area contributed by atoms with Crippen molar-refractivity contribution in [3.8, 4) is 0 Å². The second-order valence-corrected chi connectivity index (χ2v) is 4.19. The van der Waals surface area contributed by atoms with E-state index in [1.807, 2.05) is 66.7 Å². The van der Waals surface area contributed by atoms with Gasteiger partial charge in [0.2, 0.25) is 0 Å². The monoisotopic (exact) mass is 286 g/mol. The molecule has 2 aromatic carbocycles. The van der Waals surface area contributed by atoms with E-state index in [0.717, 1.165) is 10.0 Å². The minimum atomic E-state index is 1.10. The Morgan fingerprint density at radius 1 is 0.765 bits per heavy atom. The van der Waals surface area contributed by atoms with Crippen LogP contribution in [0.3, 0.4) is 0 Å². The molecule has 0 aromatic heterocycles. The van der Waals surface area contributed by atoms with Crippen molar-refractivity contribution >= 4 is 28.1 Å². The second-order valence-electron chi connectivity index (χ2n) is 3.34. The minimum absolute atomic E-state index is 1.10. The molecule has 17 heavy (non-hydrogen) atoms. The van der Waals surface area contributed by atoms with Crippen LogP contribution in [0.4, 0.5) is 0 Å². The van der Waals surface area contributed by atoms with Crippen LogP contribution in [0.25, 0.3) is 12.2 Å². The summed E-state index contributed by atoms with van der Waals surface area (Å²) in [4.78, 5) is 0. The zero-order valence-corrected chi connectivity index (χ0v) is 11.2. The molecule has 0 saturated heterocycles. The predicted octanol–water partition coefficient (Wildman–Crippen LogP) is 5.42. The number of hydrogen-bond acceptors (Lipinski definition) is 0. The molecule has 0 nitrogen and oxygen atoms in total. The maximum Gasteiger partial charge on any atom is 0.0247 e. The molecule has 0 saturated carbocycles. The third-order valence-corrected chi connectivity index (χ3v) is 2.88. The first-order valence-electron chi connectivity index (χ1n) is 5.32. The average Bonchev–Trinajstić information content (AvgIpc) is 2.41. The normalized spacial score (nSPS) is 8.76. The van der Waals surface area contributed by atoms with Gasteiger partial charge in [0.05, 0.1) is 0 Å². The Kier molecular flexibility index (Phi) is 6.05. The molecule has 0 amide bonds. The molecule has 0 aliphatic heterocycles. The van der Waals surface area contributed by atoms with Crippen LogP contribution in [0.2, 0.25) is 0 Å². The minimum Gasteiger partial charge on any atom is -0.0985 e. The number of benzene rings is 2. The molecule has 0 radical (unpaired) electrons. The van der Waals surface area contributed by atoms with Crippen LogP contribution in [0, 0.1) is 0 Å². The highest BCUT2D eigenvalue weighted by Gasteiger charge is 1.88. The third-order valence-electron chi connectivity index (χ3n) is 2.16. The molecule has 0 heterocycles. The van der Waals surface area contributed by atoms with Crippen LogP contribution >= 0.6 is 15.9 Å². The topological polar surface area (TPSA) is 0 Å². The van der Waals surface area contributed by atoms with Gasteiger partial charge in [-0.25, -0.2) is 0 Å². The van der Waals surface area contributed by atoms with Crippen molar-refractivity contribution < 1.29 is 0 Å². The summed E-state index contributed by atoms with van der Waals surface area (Å²) in [6.07, 6.45) is 3.66. The summed E-state index contributed by atoms with van der Waals surface area (Å²) in [5.41, 5.74) is 2.31. The summed E-state index contributed by atoms with van der Waals surface area (Å²) < 4.78 is 1.10. The molecule has 2 aromatic rings. The van der Waals surface area contributed by atoms with E-state index in [9.17, 15) is 0 Å². The summed E-state index contributed by atoms with van der Waals surface area (Å²) in [7, 11) is 0. The molecular weight excluding hydrogens is 272 g/mol. The molecule has 0 spiro atoms. The van der Waals surface area contributed by atoms with Crippen LogP contribution in [0.15, 0.2) is 72.2 Å². The van der Waals surface area contributed by atoms with Crippen molar-refractivity contribution in [3.05, 3.63) is 83.4 Å². The zero-order chi connectivity index (χ0) is 12.5. The molecule has 2 rings (SSSR count). The van der Waals surface area contributed by atoms with Crippen molar-refractivity contribution in [1.82, 2.24) is 0 Å². The quantitative estimate of drug-likeness (QED) is 0.691. The average molecular weight is 287 g/mol. The summed E-state index contributed by atoms with van der Waals surface area (Å²) in [6, 6.07) is 18.0. The second kappa shape index (κ2) is 7.64. The Hall–Kier alpha value is -1.60. The molecule has 1 heteroatoms. The van der Waals surface area contributed by atoms with Crippen molar-refractivity contribution in [1.29, 1.82) is 0 Å². The van der Waals surface area contributed by atoms with E-state index in [4.69, 9.17) is 0 Å². The smallest absolute Gasteiger partial charge is 0.0247 e.